The molecule has 2 aromatic carbocycles. The lowest BCUT2D eigenvalue weighted by atomic mass is 9.63. The molecule has 2 aliphatic rings. The Morgan fingerprint density at radius 2 is 1.88 bits per heavy atom. The molecular formula is C31H37FN6O3. The van der Waals surface area contributed by atoms with Crippen molar-refractivity contribution in [2.75, 3.05) is 5.32 Å². The average Bonchev–Trinajstić information content (AvgIpc) is 3.45. The van der Waals surface area contributed by atoms with E-state index < -0.39 is 29.7 Å². The maximum Gasteiger partial charge on any atom is 0.319 e. The minimum atomic E-state index is -0.903. The van der Waals surface area contributed by atoms with Crippen molar-refractivity contribution < 1.29 is 18.8 Å². The standard InChI is InChI=1S/C31H37FN6O3/c1-7-31(6)24(12-16(2)30(31,4)5)36-27(39)21-14-18(8-10-22(21)32)26-25(17(3)34-29(41)37-26)28(40)35-20-9-11-23-19(13-20)15-33-38-23/h8-11,13-16,24,26H,7,12H2,1-6H3,(H,33,38)(H,35,40)(H,36,39)(H2,34,37,41). The molecule has 5 N–H and O–H groups in total. The van der Waals surface area contributed by atoms with E-state index in [9.17, 15) is 14.4 Å². The number of amides is 4. The molecule has 2 heterocycles. The van der Waals surface area contributed by atoms with Gasteiger partial charge < -0.3 is 21.3 Å². The second-order valence-corrected chi connectivity index (χ2v) is 12.1. The van der Waals surface area contributed by atoms with Gasteiger partial charge in [-0.05, 0) is 72.4 Å². The van der Waals surface area contributed by atoms with Gasteiger partial charge in [-0.2, -0.15) is 5.10 Å². The van der Waals surface area contributed by atoms with E-state index >= 15 is 4.39 Å². The van der Waals surface area contributed by atoms with Gasteiger partial charge in [-0.25, -0.2) is 9.18 Å². The van der Waals surface area contributed by atoms with Gasteiger partial charge in [-0.3, -0.25) is 14.7 Å². The van der Waals surface area contributed by atoms with Crippen molar-refractivity contribution in [2.24, 2.45) is 16.7 Å². The largest absolute Gasteiger partial charge is 0.349 e. The lowest BCUT2D eigenvalue weighted by molar-refractivity contribution is -0.113. The number of hydrogen-bond donors (Lipinski definition) is 5. The second-order valence-electron chi connectivity index (χ2n) is 12.1. The number of H-pyrrole nitrogens is 1. The molecule has 1 fully saturated rings. The van der Waals surface area contributed by atoms with E-state index in [1.165, 1.54) is 18.2 Å². The zero-order valence-electron chi connectivity index (χ0n) is 24.2. The molecule has 4 atom stereocenters. The predicted molar refractivity (Wildman–Crippen MR) is 155 cm³/mol. The number of anilines is 1. The van der Waals surface area contributed by atoms with Gasteiger partial charge in [-0.15, -0.1) is 0 Å². The minimum Gasteiger partial charge on any atom is -0.349 e. The first kappa shape index (κ1) is 28.3. The van der Waals surface area contributed by atoms with Crippen LogP contribution in [0.25, 0.3) is 10.9 Å². The summed E-state index contributed by atoms with van der Waals surface area (Å²) >= 11 is 0. The third-order valence-electron chi connectivity index (χ3n) is 9.88. The summed E-state index contributed by atoms with van der Waals surface area (Å²) in [6, 6.07) is 7.92. The molecule has 0 saturated heterocycles. The van der Waals surface area contributed by atoms with Crippen molar-refractivity contribution in [3.8, 4) is 0 Å². The summed E-state index contributed by atoms with van der Waals surface area (Å²) in [7, 11) is 0. The van der Waals surface area contributed by atoms with Gasteiger partial charge in [-0.1, -0.05) is 40.7 Å². The lowest BCUT2D eigenvalue weighted by Crippen LogP contribution is -2.48. The highest BCUT2D eigenvalue weighted by Crippen LogP contribution is 2.57. The third-order valence-corrected chi connectivity index (χ3v) is 9.88. The van der Waals surface area contributed by atoms with Crippen LogP contribution in [-0.4, -0.2) is 34.1 Å². The molecule has 1 aliphatic carbocycles. The number of aromatic nitrogens is 2. The summed E-state index contributed by atoms with van der Waals surface area (Å²) in [6.07, 6.45) is 3.32. The third kappa shape index (κ3) is 4.85. The van der Waals surface area contributed by atoms with E-state index in [1.54, 1.807) is 31.3 Å². The molecule has 41 heavy (non-hydrogen) atoms. The molecule has 1 saturated carbocycles. The molecule has 0 radical (unpaired) electrons. The Labute approximate surface area is 238 Å². The van der Waals surface area contributed by atoms with Gasteiger partial charge in [0, 0.05) is 22.8 Å². The first-order valence-electron chi connectivity index (χ1n) is 14.0. The van der Waals surface area contributed by atoms with Crippen molar-refractivity contribution >= 4 is 34.4 Å². The fraction of sp³-hybridized carbons (Fsp3) is 0.419. The first-order valence-corrected chi connectivity index (χ1v) is 14.0. The molecule has 10 heteroatoms. The second kappa shape index (κ2) is 10.3. The monoisotopic (exact) mass is 560 g/mol. The Morgan fingerprint density at radius 1 is 1.12 bits per heavy atom. The van der Waals surface area contributed by atoms with Crippen LogP contribution in [0.2, 0.25) is 0 Å². The SMILES string of the molecule is CCC1(C)C(NC(=O)c2cc(C3NC(=O)NC(C)=C3C(=O)Nc3ccc4[nH]ncc4c3)ccc2F)CC(C)C1(C)C. The number of hydrogen-bond acceptors (Lipinski definition) is 4. The van der Waals surface area contributed by atoms with Crippen LogP contribution in [0.15, 0.2) is 53.9 Å². The number of benzene rings is 2. The first-order chi connectivity index (χ1) is 19.4. The number of nitrogens with one attached hydrogen (secondary N) is 5. The van der Waals surface area contributed by atoms with E-state index in [0.717, 1.165) is 23.7 Å². The number of halogens is 1. The summed E-state index contributed by atoms with van der Waals surface area (Å²) in [5, 5.41) is 19.1. The van der Waals surface area contributed by atoms with E-state index in [-0.39, 0.29) is 28.0 Å². The lowest BCUT2D eigenvalue weighted by Gasteiger charge is -2.43. The van der Waals surface area contributed by atoms with Crippen LogP contribution in [0.1, 0.15) is 76.3 Å². The predicted octanol–water partition coefficient (Wildman–Crippen LogP) is 5.55. The zero-order valence-corrected chi connectivity index (χ0v) is 24.2. The van der Waals surface area contributed by atoms with Gasteiger partial charge >= 0.3 is 6.03 Å². The quantitative estimate of drug-likeness (QED) is 0.271. The van der Waals surface area contributed by atoms with Crippen molar-refractivity contribution in [1.29, 1.82) is 0 Å². The summed E-state index contributed by atoms with van der Waals surface area (Å²) in [6.45, 7) is 12.6. The van der Waals surface area contributed by atoms with Crippen LogP contribution >= 0.6 is 0 Å². The summed E-state index contributed by atoms with van der Waals surface area (Å²) in [5.74, 6) is -1.25. The number of carbonyl (C=O) groups excluding carboxylic acids is 3. The van der Waals surface area contributed by atoms with Gasteiger partial charge in [0.1, 0.15) is 5.82 Å². The maximum absolute atomic E-state index is 15.1. The topological polar surface area (TPSA) is 128 Å². The molecule has 1 aliphatic heterocycles. The summed E-state index contributed by atoms with van der Waals surface area (Å²) < 4.78 is 15.1. The average molecular weight is 561 g/mol. The molecule has 0 bridgehead atoms. The number of allylic oxidation sites excluding steroid dienone is 1. The van der Waals surface area contributed by atoms with Crippen molar-refractivity contribution in [3.63, 3.8) is 0 Å². The summed E-state index contributed by atoms with van der Waals surface area (Å²) in [5.41, 5.74) is 2.10. The number of rotatable bonds is 6. The maximum atomic E-state index is 15.1. The summed E-state index contributed by atoms with van der Waals surface area (Å²) in [4.78, 5) is 39.5. The Morgan fingerprint density at radius 3 is 2.61 bits per heavy atom. The Bertz CT molecular complexity index is 1580. The van der Waals surface area contributed by atoms with Gasteiger partial charge in [0.2, 0.25) is 0 Å². The van der Waals surface area contributed by atoms with Crippen molar-refractivity contribution in [2.45, 2.75) is 66.5 Å². The Balaban J connectivity index is 1.43. The van der Waals surface area contributed by atoms with Crippen LogP contribution in [0.5, 0.6) is 0 Å². The molecule has 4 unspecified atom stereocenters. The van der Waals surface area contributed by atoms with Gasteiger partial charge in [0.15, 0.2) is 0 Å². The van der Waals surface area contributed by atoms with E-state index in [4.69, 9.17) is 0 Å². The van der Waals surface area contributed by atoms with Crippen LogP contribution in [0.4, 0.5) is 14.9 Å². The van der Waals surface area contributed by atoms with E-state index in [1.807, 2.05) is 0 Å². The minimum absolute atomic E-state index is 0.00774. The zero-order chi connectivity index (χ0) is 29.7. The molecule has 0 spiro atoms. The highest BCUT2D eigenvalue weighted by molar-refractivity contribution is 6.07. The number of urea groups is 1. The van der Waals surface area contributed by atoms with Gasteiger partial charge in [0.05, 0.1) is 28.9 Å². The fourth-order valence-electron chi connectivity index (χ4n) is 6.44. The molecule has 216 valence electrons. The normalized spacial score (nSPS) is 25.5. The van der Waals surface area contributed by atoms with E-state index in [2.05, 4.69) is 66.1 Å². The molecule has 4 amide bonds. The highest BCUT2D eigenvalue weighted by atomic mass is 19.1. The van der Waals surface area contributed by atoms with Crippen molar-refractivity contribution in [1.82, 2.24) is 26.1 Å². The number of nitrogens with zero attached hydrogens (tertiary/aromatic N) is 1. The molecule has 3 aromatic rings. The molecule has 1 aromatic heterocycles. The fourth-order valence-corrected chi connectivity index (χ4v) is 6.44. The van der Waals surface area contributed by atoms with Crippen LogP contribution < -0.4 is 21.3 Å². The number of carbonyl (C=O) groups is 3. The smallest absolute Gasteiger partial charge is 0.319 e. The highest BCUT2D eigenvalue weighted by Gasteiger charge is 2.55. The van der Waals surface area contributed by atoms with Crippen LogP contribution in [-0.2, 0) is 4.79 Å². The number of aromatic amines is 1. The van der Waals surface area contributed by atoms with Crippen LogP contribution in [0, 0.1) is 22.6 Å². The number of fused-ring (bicyclic) bond motifs is 1. The molecule has 9 nitrogen and oxygen atoms in total. The molecular weight excluding hydrogens is 523 g/mol. The molecule has 5 rings (SSSR count). The van der Waals surface area contributed by atoms with Crippen LogP contribution in [0.3, 0.4) is 0 Å². The van der Waals surface area contributed by atoms with Gasteiger partial charge in [0.25, 0.3) is 11.8 Å². The van der Waals surface area contributed by atoms with Crippen molar-refractivity contribution in [3.05, 3.63) is 70.8 Å². The van der Waals surface area contributed by atoms with E-state index in [0.29, 0.717) is 22.9 Å². The Hall–Kier alpha value is -4.21. The Kier molecular flexibility index (Phi) is 7.13.